The summed E-state index contributed by atoms with van der Waals surface area (Å²) in [5.74, 6) is -0.994. The molecule has 1 saturated heterocycles. The third kappa shape index (κ3) is 29.6. The van der Waals surface area contributed by atoms with E-state index in [0.29, 0.717) is 19.4 Å². The first-order valence-corrected chi connectivity index (χ1v) is 21.8. The summed E-state index contributed by atoms with van der Waals surface area (Å²) in [5.41, 5.74) is 0. The molecular weight excluding hydrogens is 679 g/mol. The largest absolute Gasteiger partial charge is 0.463 e. The van der Waals surface area contributed by atoms with E-state index in [1.807, 2.05) is 19.0 Å². The summed E-state index contributed by atoms with van der Waals surface area (Å²) < 4.78 is 22.9. The maximum Gasteiger partial charge on any atom is 0.307 e. The molecule has 1 aliphatic rings. The van der Waals surface area contributed by atoms with Gasteiger partial charge in [-0.3, -0.25) is 14.4 Å². The molecule has 0 aromatic carbocycles. The number of allylic oxidation sites excluding steroid dienone is 8. The maximum atomic E-state index is 12.9. The molecule has 0 N–H and O–H groups in total. The van der Waals surface area contributed by atoms with Crippen LogP contribution in [0.25, 0.3) is 0 Å². The number of carbonyl (C=O) groups excluding carboxylic acids is 3. The average molecular weight is 758 g/mol. The number of nitrogens with zero attached hydrogens (tertiary/aromatic N) is 1. The molecule has 0 spiro atoms. The monoisotopic (exact) mass is 758 g/mol. The first-order chi connectivity index (χ1) is 26.4. The quantitative estimate of drug-likeness (QED) is 0.0273. The van der Waals surface area contributed by atoms with Crippen molar-refractivity contribution in [2.45, 2.75) is 193 Å². The fourth-order valence-corrected chi connectivity index (χ4v) is 6.21. The molecule has 0 amide bonds. The van der Waals surface area contributed by atoms with E-state index in [2.05, 4.69) is 62.5 Å². The van der Waals surface area contributed by atoms with Gasteiger partial charge in [0.2, 0.25) is 0 Å². The van der Waals surface area contributed by atoms with Crippen LogP contribution < -0.4 is 0 Å². The Bertz CT molecular complexity index is 1050. The molecule has 0 aromatic rings. The van der Waals surface area contributed by atoms with Crippen molar-refractivity contribution in [2.24, 2.45) is 0 Å². The van der Waals surface area contributed by atoms with E-state index < -0.39 is 18.3 Å². The van der Waals surface area contributed by atoms with Crippen LogP contribution in [0.5, 0.6) is 0 Å². The van der Waals surface area contributed by atoms with Crippen LogP contribution in [0.2, 0.25) is 0 Å². The lowest BCUT2D eigenvalue weighted by Crippen LogP contribution is -2.40. The lowest BCUT2D eigenvalue weighted by molar-refractivity contribution is -0.168. The molecule has 1 fully saturated rings. The van der Waals surface area contributed by atoms with Crippen molar-refractivity contribution < 1.29 is 33.3 Å². The van der Waals surface area contributed by atoms with Crippen molar-refractivity contribution in [3.63, 3.8) is 0 Å². The molecule has 8 heteroatoms. The van der Waals surface area contributed by atoms with Crippen LogP contribution in [0.1, 0.15) is 174 Å². The van der Waals surface area contributed by atoms with Crippen LogP contribution in [0, 0.1) is 0 Å². The van der Waals surface area contributed by atoms with Crippen molar-refractivity contribution >= 4 is 17.9 Å². The van der Waals surface area contributed by atoms with Gasteiger partial charge in [-0.15, -0.1) is 0 Å². The molecule has 0 saturated carbocycles. The second kappa shape index (κ2) is 36.0. The Morgan fingerprint density at radius 3 is 1.48 bits per heavy atom. The van der Waals surface area contributed by atoms with Gasteiger partial charge in [-0.25, -0.2) is 0 Å². The minimum atomic E-state index is -0.800. The van der Waals surface area contributed by atoms with Gasteiger partial charge in [-0.05, 0) is 91.1 Å². The number of carbonyl (C=O) groups is 3. The zero-order chi connectivity index (χ0) is 39.3. The highest BCUT2D eigenvalue weighted by atomic mass is 16.6. The minimum Gasteiger partial charge on any atom is -0.463 e. The second-order valence-electron chi connectivity index (χ2n) is 15.1. The van der Waals surface area contributed by atoms with Crippen LogP contribution in [0.15, 0.2) is 48.6 Å². The Morgan fingerprint density at radius 2 is 1.00 bits per heavy atom. The topological polar surface area (TPSA) is 91.4 Å². The smallest absolute Gasteiger partial charge is 0.307 e. The predicted octanol–water partition coefficient (Wildman–Crippen LogP) is 11.3. The summed E-state index contributed by atoms with van der Waals surface area (Å²) in [4.78, 5) is 39.9. The minimum absolute atomic E-state index is 0.0487. The van der Waals surface area contributed by atoms with Gasteiger partial charge in [-0.1, -0.05) is 127 Å². The summed E-state index contributed by atoms with van der Waals surface area (Å²) in [6.07, 6.45) is 41.3. The van der Waals surface area contributed by atoms with E-state index >= 15 is 0 Å². The van der Waals surface area contributed by atoms with Gasteiger partial charge in [0, 0.05) is 19.4 Å². The van der Waals surface area contributed by atoms with Crippen molar-refractivity contribution in [1.82, 2.24) is 4.90 Å². The Labute approximate surface area is 330 Å². The fourth-order valence-electron chi connectivity index (χ4n) is 6.21. The Balaban J connectivity index is 2.36. The van der Waals surface area contributed by atoms with Gasteiger partial charge in [0.25, 0.3) is 0 Å². The molecule has 1 aliphatic heterocycles. The lowest BCUT2D eigenvalue weighted by Gasteiger charge is -2.23. The first kappa shape index (κ1) is 49.3. The molecule has 0 radical (unpaired) electrons. The van der Waals surface area contributed by atoms with E-state index in [9.17, 15) is 14.4 Å². The summed E-state index contributed by atoms with van der Waals surface area (Å²) in [7, 11) is 3.79. The van der Waals surface area contributed by atoms with Crippen LogP contribution >= 0.6 is 0 Å². The Kier molecular flexibility index (Phi) is 32.8. The zero-order valence-electron chi connectivity index (χ0n) is 35.0. The summed E-state index contributed by atoms with van der Waals surface area (Å²) >= 11 is 0. The van der Waals surface area contributed by atoms with E-state index in [1.54, 1.807) is 0 Å². The van der Waals surface area contributed by atoms with E-state index in [4.69, 9.17) is 18.9 Å². The molecule has 0 aliphatic carbocycles. The molecular formula is C46H79NO7. The van der Waals surface area contributed by atoms with Gasteiger partial charge >= 0.3 is 17.9 Å². The highest BCUT2D eigenvalue weighted by Gasteiger charge is 2.43. The van der Waals surface area contributed by atoms with Gasteiger partial charge in [0.1, 0.15) is 12.7 Å². The maximum absolute atomic E-state index is 12.9. The standard InChI is InChI=1S/C46H79NO7/c1-5-7-9-11-13-15-17-19-21-23-25-27-29-31-33-35-44(49)53-42-40-51-41(39-52-43(48)37-38-47(3)4)46(42)54-45(50)36-34-32-30-28-26-24-22-20-18-16-14-12-10-8-6-2/h13-16,19-22,41-42,46H,5-12,17-18,23-40H2,1-4H3/b15-13-,16-14-,21-19-,22-20-/t41-,42+,46+/m1/s1. The molecule has 310 valence electrons. The second-order valence-corrected chi connectivity index (χ2v) is 15.1. The predicted molar refractivity (Wildman–Crippen MR) is 222 cm³/mol. The normalized spacial score (nSPS) is 17.5. The van der Waals surface area contributed by atoms with Crippen molar-refractivity contribution in [2.75, 3.05) is 33.9 Å². The summed E-state index contributed by atoms with van der Waals surface area (Å²) in [6.45, 7) is 5.10. The first-order valence-electron chi connectivity index (χ1n) is 21.8. The average Bonchev–Trinajstić information content (AvgIpc) is 3.52. The van der Waals surface area contributed by atoms with E-state index in [-0.39, 0.29) is 37.5 Å². The van der Waals surface area contributed by atoms with E-state index in [1.165, 1.54) is 51.4 Å². The number of rotatable bonds is 35. The number of esters is 3. The third-order valence-corrected chi connectivity index (χ3v) is 9.59. The molecule has 0 aromatic heterocycles. The van der Waals surface area contributed by atoms with Gasteiger partial charge < -0.3 is 23.8 Å². The molecule has 0 unspecified atom stereocenters. The number of hydrogen-bond acceptors (Lipinski definition) is 8. The van der Waals surface area contributed by atoms with Crippen molar-refractivity contribution in [1.29, 1.82) is 0 Å². The molecule has 3 atom stereocenters. The molecule has 1 rings (SSSR count). The summed E-state index contributed by atoms with van der Waals surface area (Å²) in [6, 6.07) is 0. The number of unbranched alkanes of at least 4 members (excludes halogenated alkanes) is 16. The SMILES string of the molecule is CCCCC/C=C\C/C=C\CCCCCCCC(=O)O[C@@H]1[C@@H](OC(=O)CCCCCCC/C=C\C/C=C\CCCCC)CO[C@@H]1COC(=O)CCN(C)C. The van der Waals surface area contributed by atoms with Crippen molar-refractivity contribution in [3.05, 3.63) is 48.6 Å². The zero-order valence-corrected chi connectivity index (χ0v) is 35.0. The molecule has 0 bridgehead atoms. The molecule has 1 heterocycles. The van der Waals surface area contributed by atoms with E-state index in [0.717, 1.165) is 89.9 Å². The molecule has 8 nitrogen and oxygen atoms in total. The van der Waals surface area contributed by atoms with Gasteiger partial charge in [0.15, 0.2) is 12.2 Å². The van der Waals surface area contributed by atoms with Crippen LogP contribution in [0.3, 0.4) is 0 Å². The van der Waals surface area contributed by atoms with Crippen molar-refractivity contribution in [3.8, 4) is 0 Å². The van der Waals surface area contributed by atoms with Gasteiger partial charge in [-0.2, -0.15) is 0 Å². The highest BCUT2D eigenvalue weighted by molar-refractivity contribution is 5.71. The third-order valence-electron chi connectivity index (χ3n) is 9.59. The summed E-state index contributed by atoms with van der Waals surface area (Å²) in [5, 5.41) is 0. The number of hydrogen-bond donors (Lipinski definition) is 0. The van der Waals surface area contributed by atoms with Crippen LogP contribution in [0.4, 0.5) is 0 Å². The Hall–Kier alpha value is -2.71. The lowest BCUT2D eigenvalue weighted by atomic mass is 10.1. The fraction of sp³-hybridized carbons (Fsp3) is 0.761. The highest BCUT2D eigenvalue weighted by Crippen LogP contribution is 2.24. The number of ether oxygens (including phenoxy) is 4. The van der Waals surface area contributed by atoms with Gasteiger partial charge in [0.05, 0.1) is 13.0 Å². The molecule has 54 heavy (non-hydrogen) atoms. The van der Waals surface area contributed by atoms with Crippen LogP contribution in [-0.4, -0.2) is 75.0 Å². The Morgan fingerprint density at radius 1 is 0.556 bits per heavy atom. The van der Waals surface area contributed by atoms with Crippen LogP contribution in [-0.2, 0) is 33.3 Å².